The minimum absolute atomic E-state index is 0.0771. The van der Waals surface area contributed by atoms with Crippen molar-refractivity contribution in [2.45, 2.75) is 6.36 Å². The van der Waals surface area contributed by atoms with Crippen LogP contribution in [0.1, 0.15) is 10.4 Å². The van der Waals surface area contributed by atoms with Gasteiger partial charge in [-0.25, -0.2) is 4.79 Å². The predicted octanol–water partition coefficient (Wildman–Crippen LogP) is 2.25. The monoisotopic (exact) mass is 260 g/mol. The number of nitrogens with one attached hydrogen (secondary N) is 1. The van der Waals surface area contributed by atoms with Gasteiger partial charge in [0.1, 0.15) is 5.75 Å². The number of aromatic nitrogens is 2. The number of carbonyl (C=O) groups excluding carboxylic acids is 1. The second-order valence-corrected chi connectivity index (χ2v) is 3.34. The summed E-state index contributed by atoms with van der Waals surface area (Å²) in [5, 5.41) is 6.47. The van der Waals surface area contributed by atoms with E-state index in [1.54, 1.807) is 0 Å². The summed E-state index contributed by atoms with van der Waals surface area (Å²) in [6.07, 6.45) is -3.55. The third-order valence-corrected chi connectivity index (χ3v) is 2.16. The second kappa shape index (κ2) is 4.21. The molecule has 2 rings (SSSR count). The third-order valence-electron chi connectivity index (χ3n) is 2.16. The zero-order valence-corrected chi connectivity index (χ0v) is 9.04. The molecule has 0 spiro atoms. The molecule has 0 bridgehead atoms. The van der Waals surface area contributed by atoms with Gasteiger partial charge in [0, 0.05) is 5.39 Å². The number of esters is 1. The molecule has 0 aliphatic rings. The van der Waals surface area contributed by atoms with Crippen LogP contribution in [0.15, 0.2) is 18.3 Å². The molecule has 18 heavy (non-hydrogen) atoms. The molecule has 0 saturated heterocycles. The molecule has 0 atom stereocenters. The minimum Gasteiger partial charge on any atom is -0.465 e. The minimum atomic E-state index is -4.83. The van der Waals surface area contributed by atoms with Crippen molar-refractivity contribution in [2.24, 2.45) is 0 Å². The highest BCUT2D eigenvalue weighted by Gasteiger charge is 2.31. The Kier molecular flexibility index (Phi) is 2.85. The van der Waals surface area contributed by atoms with Crippen molar-refractivity contribution < 1.29 is 27.4 Å². The SMILES string of the molecule is COC(=O)c1cc(OC(F)(F)F)cc2cn[nH]c12. The van der Waals surface area contributed by atoms with Gasteiger partial charge in [-0.2, -0.15) is 5.10 Å². The van der Waals surface area contributed by atoms with Crippen LogP contribution in [-0.4, -0.2) is 29.6 Å². The first-order valence-corrected chi connectivity index (χ1v) is 4.72. The van der Waals surface area contributed by atoms with E-state index in [4.69, 9.17) is 0 Å². The van der Waals surface area contributed by atoms with Crippen molar-refractivity contribution in [2.75, 3.05) is 7.11 Å². The summed E-state index contributed by atoms with van der Waals surface area (Å²) in [6.45, 7) is 0. The van der Waals surface area contributed by atoms with E-state index in [0.29, 0.717) is 5.39 Å². The maximum atomic E-state index is 12.1. The molecule has 0 amide bonds. The number of ether oxygens (including phenoxy) is 2. The zero-order valence-electron chi connectivity index (χ0n) is 9.04. The second-order valence-electron chi connectivity index (χ2n) is 3.34. The van der Waals surface area contributed by atoms with E-state index in [0.717, 1.165) is 19.2 Å². The lowest BCUT2D eigenvalue weighted by molar-refractivity contribution is -0.274. The van der Waals surface area contributed by atoms with E-state index in [9.17, 15) is 18.0 Å². The first-order valence-electron chi connectivity index (χ1n) is 4.72. The van der Waals surface area contributed by atoms with E-state index in [1.807, 2.05) is 0 Å². The van der Waals surface area contributed by atoms with Crippen molar-refractivity contribution in [1.82, 2.24) is 10.2 Å². The van der Waals surface area contributed by atoms with Crippen molar-refractivity contribution in [3.63, 3.8) is 0 Å². The number of alkyl halides is 3. The number of nitrogens with zero attached hydrogens (tertiary/aromatic N) is 1. The van der Waals surface area contributed by atoms with Gasteiger partial charge in [-0.1, -0.05) is 0 Å². The summed E-state index contributed by atoms with van der Waals surface area (Å²) in [5.41, 5.74) is 0.211. The Morgan fingerprint density at radius 2 is 2.11 bits per heavy atom. The molecule has 1 N–H and O–H groups in total. The molecule has 5 nitrogen and oxygen atoms in total. The van der Waals surface area contributed by atoms with Crippen molar-refractivity contribution in [3.8, 4) is 5.75 Å². The first kappa shape index (κ1) is 12.2. The lowest BCUT2D eigenvalue weighted by Gasteiger charge is -2.10. The summed E-state index contributed by atoms with van der Waals surface area (Å²) in [6, 6.07) is 2.07. The number of carbonyl (C=O) groups is 1. The highest BCUT2D eigenvalue weighted by atomic mass is 19.4. The van der Waals surface area contributed by atoms with Crippen LogP contribution in [0.25, 0.3) is 10.9 Å². The zero-order chi connectivity index (χ0) is 13.3. The van der Waals surface area contributed by atoms with E-state index in [2.05, 4.69) is 19.7 Å². The van der Waals surface area contributed by atoms with Gasteiger partial charge in [-0.05, 0) is 12.1 Å². The van der Waals surface area contributed by atoms with Gasteiger partial charge in [0.15, 0.2) is 0 Å². The maximum Gasteiger partial charge on any atom is 0.573 e. The van der Waals surface area contributed by atoms with Crippen LogP contribution in [0.4, 0.5) is 13.2 Å². The van der Waals surface area contributed by atoms with E-state index in [1.165, 1.54) is 6.20 Å². The van der Waals surface area contributed by atoms with Crippen molar-refractivity contribution >= 4 is 16.9 Å². The lowest BCUT2D eigenvalue weighted by atomic mass is 10.1. The van der Waals surface area contributed by atoms with Crippen LogP contribution in [0, 0.1) is 0 Å². The van der Waals surface area contributed by atoms with Gasteiger partial charge in [0.25, 0.3) is 0 Å². The lowest BCUT2D eigenvalue weighted by Crippen LogP contribution is -2.17. The molecule has 0 aliphatic carbocycles. The van der Waals surface area contributed by atoms with E-state index < -0.39 is 18.1 Å². The van der Waals surface area contributed by atoms with Crippen LogP contribution in [-0.2, 0) is 4.74 Å². The Balaban J connectivity index is 2.53. The molecule has 1 heterocycles. The van der Waals surface area contributed by atoms with Crippen LogP contribution >= 0.6 is 0 Å². The first-order chi connectivity index (χ1) is 8.40. The summed E-state index contributed by atoms with van der Waals surface area (Å²) >= 11 is 0. The molecule has 8 heteroatoms. The molecule has 1 aromatic heterocycles. The number of aromatic amines is 1. The quantitative estimate of drug-likeness (QED) is 0.841. The van der Waals surface area contributed by atoms with E-state index >= 15 is 0 Å². The van der Waals surface area contributed by atoms with Crippen LogP contribution < -0.4 is 4.74 Å². The number of rotatable bonds is 2. The number of fused-ring (bicyclic) bond motifs is 1. The number of benzene rings is 1. The molecule has 0 unspecified atom stereocenters. The maximum absolute atomic E-state index is 12.1. The molecule has 0 saturated carbocycles. The molecular weight excluding hydrogens is 253 g/mol. The summed E-state index contributed by atoms with van der Waals surface area (Å²) in [4.78, 5) is 11.4. The van der Waals surface area contributed by atoms with Crippen molar-refractivity contribution in [3.05, 3.63) is 23.9 Å². The summed E-state index contributed by atoms with van der Waals surface area (Å²) < 4.78 is 44.6. The Morgan fingerprint density at radius 3 is 2.72 bits per heavy atom. The summed E-state index contributed by atoms with van der Waals surface area (Å²) in [5.74, 6) is -1.28. The molecule has 0 fully saturated rings. The topological polar surface area (TPSA) is 64.2 Å². The Hall–Kier alpha value is -2.25. The van der Waals surface area contributed by atoms with Crippen molar-refractivity contribution in [1.29, 1.82) is 0 Å². The number of halogens is 3. The van der Waals surface area contributed by atoms with E-state index in [-0.39, 0.29) is 11.1 Å². The van der Waals surface area contributed by atoms with Crippen LogP contribution in [0.2, 0.25) is 0 Å². The summed E-state index contributed by atoms with van der Waals surface area (Å²) in [7, 11) is 1.13. The standard InChI is InChI=1S/C10H7F3N2O3/c1-17-9(16)7-3-6(18-10(11,12)13)2-5-4-14-15-8(5)7/h2-4H,1H3,(H,14,15). The Morgan fingerprint density at radius 1 is 1.39 bits per heavy atom. The average molecular weight is 260 g/mol. The normalized spacial score (nSPS) is 11.6. The van der Waals surface area contributed by atoms with Gasteiger partial charge in [0.2, 0.25) is 0 Å². The predicted molar refractivity (Wildman–Crippen MR) is 54.1 cm³/mol. The third kappa shape index (κ3) is 2.36. The fourth-order valence-corrected chi connectivity index (χ4v) is 1.49. The van der Waals surface area contributed by atoms with Gasteiger partial charge < -0.3 is 9.47 Å². The molecule has 1 aromatic carbocycles. The molecular formula is C10H7F3N2O3. The average Bonchev–Trinajstić information content (AvgIpc) is 2.72. The number of methoxy groups -OCH3 is 1. The van der Waals surface area contributed by atoms with Crippen LogP contribution in [0.3, 0.4) is 0 Å². The molecule has 0 aliphatic heterocycles. The largest absolute Gasteiger partial charge is 0.573 e. The molecule has 2 aromatic rings. The number of H-pyrrole nitrogens is 1. The smallest absolute Gasteiger partial charge is 0.465 e. The fraction of sp³-hybridized carbons (Fsp3) is 0.200. The molecule has 0 radical (unpaired) electrons. The van der Waals surface area contributed by atoms with Crippen LogP contribution in [0.5, 0.6) is 5.75 Å². The Labute approximate surface area is 98.5 Å². The van der Waals surface area contributed by atoms with Gasteiger partial charge >= 0.3 is 12.3 Å². The van der Waals surface area contributed by atoms with Gasteiger partial charge in [-0.15, -0.1) is 13.2 Å². The Bertz CT molecular complexity index is 592. The number of hydrogen-bond donors (Lipinski definition) is 1. The molecule has 96 valence electrons. The highest BCUT2D eigenvalue weighted by molar-refractivity contribution is 6.03. The number of hydrogen-bond acceptors (Lipinski definition) is 4. The highest BCUT2D eigenvalue weighted by Crippen LogP contribution is 2.28. The van der Waals surface area contributed by atoms with Gasteiger partial charge in [-0.3, -0.25) is 5.10 Å². The fourth-order valence-electron chi connectivity index (χ4n) is 1.49. The van der Waals surface area contributed by atoms with Gasteiger partial charge in [0.05, 0.1) is 24.4 Å².